The number of aliphatic hydroxyl groups is 1. The van der Waals surface area contributed by atoms with E-state index >= 15 is 0 Å². The molecule has 0 aromatic carbocycles. The molecule has 3 nitrogen and oxygen atoms in total. The van der Waals surface area contributed by atoms with Gasteiger partial charge >= 0.3 is 97.8 Å². The molecule has 0 rings (SSSR count). The maximum atomic E-state index is 10.2. The topological polar surface area (TPSA) is 38.7 Å². The zero-order valence-corrected chi connectivity index (χ0v) is 20.2. The molecule has 0 aromatic rings. The van der Waals surface area contributed by atoms with Gasteiger partial charge in [-0.3, -0.25) is 0 Å². The molecule has 0 radical (unpaired) electrons. The first-order valence-corrected chi connectivity index (χ1v) is 5.42. The van der Waals surface area contributed by atoms with Gasteiger partial charge in [0.2, 0.25) is 0 Å². The quantitative estimate of drug-likeness (QED) is 0.533. The first-order chi connectivity index (χ1) is 6.54. The molecule has 0 heterocycles. The van der Waals surface area contributed by atoms with E-state index in [2.05, 4.69) is 13.8 Å². The average molecular weight is 483 g/mol. The predicted molar refractivity (Wildman–Crippen MR) is 73.3 cm³/mol. The molecule has 0 saturated carbocycles. The fourth-order valence-corrected chi connectivity index (χ4v) is 1.50. The van der Waals surface area contributed by atoms with Crippen molar-refractivity contribution in [2.24, 2.45) is 5.92 Å². The van der Waals surface area contributed by atoms with Gasteiger partial charge in [-0.1, -0.05) is 13.8 Å². The molecule has 0 aliphatic heterocycles. The van der Waals surface area contributed by atoms with Crippen molar-refractivity contribution >= 4 is 97.8 Å². The van der Waals surface area contributed by atoms with E-state index in [1.54, 1.807) is 0 Å². The van der Waals surface area contributed by atoms with Crippen LogP contribution in [0.2, 0.25) is 0 Å². The molecule has 94 valence electrons. The minimum atomic E-state index is -0.819. The second-order valence-corrected chi connectivity index (χ2v) is 4.10. The van der Waals surface area contributed by atoms with Gasteiger partial charge in [0, 0.05) is 13.2 Å². The molecule has 5 heteroatoms. The smallest absolute Gasteiger partial charge is 1.00 e. The number of ether oxygens (including phenoxy) is 2. The van der Waals surface area contributed by atoms with E-state index in [0.29, 0.717) is 38.8 Å². The van der Waals surface area contributed by atoms with Gasteiger partial charge in [-0.15, -0.1) is 0 Å². The van der Waals surface area contributed by atoms with Crippen LogP contribution >= 0.6 is 0 Å². The van der Waals surface area contributed by atoms with Crippen molar-refractivity contribution in [2.75, 3.05) is 26.4 Å². The van der Waals surface area contributed by atoms with Gasteiger partial charge in [0.25, 0.3) is 0 Å². The molecule has 0 fully saturated rings. The van der Waals surface area contributed by atoms with Crippen LogP contribution in [-0.2, 0) is 9.47 Å². The fourth-order valence-electron chi connectivity index (χ4n) is 1.50. The van der Waals surface area contributed by atoms with Crippen molar-refractivity contribution in [3.8, 4) is 0 Å². The molecule has 0 bridgehead atoms. The third kappa shape index (κ3) is 13.5. The summed E-state index contributed by atoms with van der Waals surface area (Å²) in [5, 5.41) is 10.2. The summed E-state index contributed by atoms with van der Waals surface area (Å²) in [6.07, 6.45) is 0.715. The second kappa shape index (κ2) is 14.4. The molecule has 0 atom stereocenters. The Labute approximate surface area is 187 Å². The van der Waals surface area contributed by atoms with E-state index < -0.39 is 5.60 Å². The first kappa shape index (κ1) is 24.1. The van der Waals surface area contributed by atoms with Gasteiger partial charge in [-0.2, -0.15) is 0 Å². The summed E-state index contributed by atoms with van der Waals surface area (Å²) in [6.45, 7) is 10.0. The molecule has 16 heavy (non-hydrogen) atoms. The van der Waals surface area contributed by atoms with Crippen LogP contribution < -0.4 is 0 Å². The van der Waals surface area contributed by atoms with E-state index in [1.807, 2.05) is 13.8 Å². The summed E-state index contributed by atoms with van der Waals surface area (Å²) in [5.74, 6) is 0.445. The Morgan fingerprint density at radius 3 is 1.69 bits per heavy atom. The normalized spacial score (nSPS) is 10.9. The molecule has 1 N–H and O–H groups in total. The average Bonchev–Trinajstić information content (AvgIpc) is 2.11. The zero-order valence-electron chi connectivity index (χ0n) is 15.3. The van der Waals surface area contributed by atoms with Crippen molar-refractivity contribution in [1.29, 1.82) is 0 Å². The summed E-state index contributed by atoms with van der Waals surface area (Å²) in [7, 11) is 0. The maximum Gasteiger partial charge on any atom is 2.00 e. The minimum Gasteiger partial charge on any atom is -1.00 e. The Hall–Kier alpha value is 3.02. The molecule has 0 amide bonds. The summed E-state index contributed by atoms with van der Waals surface area (Å²) in [4.78, 5) is 0. The standard InChI is InChI=1S/C11H24O3.2Ba.4H/c1-5-13-8-11(12,7-10(3)4)9-14-6-2;;;;;;/h10,12H,5-9H2,1-4H3;;;;;;/q;2*+2;4*-1. The van der Waals surface area contributed by atoms with Gasteiger partial charge in [0.15, 0.2) is 0 Å². The van der Waals surface area contributed by atoms with Gasteiger partial charge in [-0.25, -0.2) is 0 Å². The molecule has 0 aliphatic carbocycles. The molecule has 0 unspecified atom stereocenters. The summed E-state index contributed by atoms with van der Waals surface area (Å²) < 4.78 is 10.5. The van der Waals surface area contributed by atoms with Crippen LogP contribution in [0.3, 0.4) is 0 Å². The van der Waals surface area contributed by atoms with Crippen LogP contribution in [0.1, 0.15) is 39.8 Å². The van der Waals surface area contributed by atoms with E-state index in [4.69, 9.17) is 9.47 Å². The summed E-state index contributed by atoms with van der Waals surface area (Å²) >= 11 is 0. The fraction of sp³-hybridized carbons (Fsp3) is 1.00. The molecule has 0 aliphatic rings. The van der Waals surface area contributed by atoms with E-state index in [9.17, 15) is 5.11 Å². The molecule has 0 saturated heterocycles. The van der Waals surface area contributed by atoms with E-state index in [0.717, 1.165) is 0 Å². The number of rotatable bonds is 8. The number of hydrogen-bond donors (Lipinski definition) is 1. The molecule has 0 aromatic heterocycles. The number of hydrogen-bond acceptors (Lipinski definition) is 3. The third-order valence-electron chi connectivity index (χ3n) is 1.94. The first-order valence-electron chi connectivity index (χ1n) is 5.42. The minimum absolute atomic E-state index is 0. The third-order valence-corrected chi connectivity index (χ3v) is 1.94. The van der Waals surface area contributed by atoms with Gasteiger partial charge in [0.1, 0.15) is 5.60 Å². The molecule has 0 spiro atoms. The van der Waals surface area contributed by atoms with Crippen molar-refractivity contribution < 1.29 is 20.3 Å². The summed E-state index contributed by atoms with van der Waals surface area (Å²) in [5.41, 5.74) is -0.819. The van der Waals surface area contributed by atoms with Crippen LogP contribution in [-0.4, -0.2) is 135 Å². The SMILES string of the molecule is CCOCC(O)(COCC)CC(C)C.[Ba+2].[Ba+2].[H-].[H-].[H-].[H-]. The van der Waals surface area contributed by atoms with Crippen LogP contribution in [0.15, 0.2) is 0 Å². The Kier molecular flexibility index (Phi) is 21.7. The Morgan fingerprint density at radius 1 is 1.06 bits per heavy atom. The van der Waals surface area contributed by atoms with Crippen molar-refractivity contribution in [3.05, 3.63) is 0 Å². The second-order valence-electron chi connectivity index (χ2n) is 4.10. The van der Waals surface area contributed by atoms with Crippen molar-refractivity contribution in [3.63, 3.8) is 0 Å². The maximum absolute atomic E-state index is 10.2. The van der Waals surface area contributed by atoms with Gasteiger partial charge < -0.3 is 20.3 Å². The van der Waals surface area contributed by atoms with E-state index in [1.165, 1.54) is 0 Å². The molecular weight excluding hydrogens is 455 g/mol. The Bertz CT molecular complexity index is 150. The largest absolute Gasteiger partial charge is 2.00 e. The van der Waals surface area contributed by atoms with Crippen molar-refractivity contribution in [1.82, 2.24) is 0 Å². The van der Waals surface area contributed by atoms with Gasteiger partial charge in [-0.05, 0) is 26.2 Å². The van der Waals surface area contributed by atoms with Crippen LogP contribution in [0.5, 0.6) is 0 Å². The summed E-state index contributed by atoms with van der Waals surface area (Å²) in [6, 6.07) is 0. The van der Waals surface area contributed by atoms with Crippen molar-refractivity contribution in [2.45, 2.75) is 39.7 Å². The monoisotopic (exact) mass is 484 g/mol. The molecular formula is C11H28Ba2O3. The van der Waals surface area contributed by atoms with Crippen LogP contribution in [0.4, 0.5) is 0 Å². The predicted octanol–water partition coefficient (Wildman–Crippen LogP) is 1.52. The van der Waals surface area contributed by atoms with Crippen LogP contribution in [0, 0.1) is 5.92 Å². The van der Waals surface area contributed by atoms with E-state index in [-0.39, 0.29) is 103 Å². The Morgan fingerprint density at radius 2 is 1.44 bits per heavy atom. The Balaban J connectivity index is -0.0000000563. The van der Waals surface area contributed by atoms with Gasteiger partial charge in [0.05, 0.1) is 13.2 Å². The zero-order chi connectivity index (χ0) is 11.0. The van der Waals surface area contributed by atoms with Crippen LogP contribution in [0.25, 0.3) is 0 Å².